The highest BCUT2D eigenvalue weighted by Crippen LogP contribution is 2.33. The van der Waals surface area contributed by atoms with E-state index in [9.17, 15) is 4.79 Å². The van der Waals surface area contributed by atoms with Gasteiger partial charge in [-0.15, -0.1) is 0 Å². The van der Waals surface area contributed by atoms with Crippen LogP contribution in [0.4, 0.5) is 10.6 Å². The van der Waals surface area contributed by atoms with Gasteiger partial charge in [0.15, 0.2) is 17.3 Å². The summed E-state index contributed by atoms with van der Waals surface area (Å²) in [6.45, 7) is 2.89. The Morgan fingerprint density at radius 1 is 1.03 bits per heavy atom. The molecule has 2 aliphatic heterocycles. The number of carbonyl (C=O) groups is 1. The summed E-state index contributed by atoms with van der Waals surface area (Å²) in [5.41, 5.74) is 2.44. The number of amides is 2. The van der Waals surface area contributed by atoms with Gasteiger partial charge in [0, 0.05) is 31.7 Å². The third-order valence-corrected chi connectivity index (χ3v) is 6.03. The molecule has 1 fully saturated rings. The molecule has 2 aliphatic rings. The molecule has 2 amide bonds. The summed E-state index contributed by atoms with van der Waals surface area (Å²) in [6, 6.07) is 11.2. The second kappa shape index (κ2) is 9.60. The number of methoxy groups -OCH3 is 2. The lowest BCUT2D eigenvalue weighted by molar-refractivity contribution is 0.173. The first-order valence-corrected chi connectivity index (χ1v) is 11.2. The molecule has 3 aromatic rings. The second-order valence-corrected chi connectivity index (χ2v) is 8.27. The van der Waals surface area contributed by atoms with Gasteiger partial charge in [-0.3, -0.25) is 10.2 Å². The Bertz CT molecular complexity index is 1200. The standard InChI is InChI=1S/C24H27N5O5/c1-31-17-4-5-18-19(12-17)26-22(23(27-18)32-2)28-24(30)25-16-7-9-29(10-8-16)13-15-3-6-20-21(11-15)34-14-33-20/h3-6,11-12,16H,7-10,13-14H2,1-2H3,(H2,25,26,28,30). The molecule has 34 heavy (non-hydrogen) atoms. The number of likely N-dealkylation sites (tertiary alicyclic amines) is 1. The first-order chi connectivity index (χ1) is 16.6. The molecule has 3 heterocycles. The maximum Gasteiger partial charge on any atom is 0.320 e. The molecule has 0 aliphatic carbocycles. The topological polar surface area (TPSA) is 107 Å². The smallest absolute Gasteiger partial charge is 0.320 e. The number of aromatic nitrogens is 2. The number of ether oxygens (including phenoxy) is 4. The van der Waals surface area contributed by atoms with Gasteiger partial charge in [0.05, 0.1) is 25.3 Å². The van der Waals surface area contributed by atoms with Crippen molar-refractivity contribution in [3.8, 4) is 23.1 Å². The normalized spacial score (nSPS) is 15.8. The van der Waals surface area contributed by atoms with Crippen LogP contribution in [-0.2, 0) is 6.54 Å². The molecule has 2 N–H and O–H groups in total. The Balaban J connectivity index is 1.16. The lowest BCUT2D eigenvalue weighted by atomic mass is 10.0. The zero-order valence-electron chi connectivity index (χ0n) is 19.2. The van der Waals surface area contributed by atoms with E-state index in [0.29, 0.717) is 16.8 Å². The number of carbonyl (C=O) groups excluding carboxylic acids is 1. The van der Waals surface area contributed by atoms with Crippen LogP contribution in [0.3, 0.4) is 0 Å². The predicted molar refractivity (Wildman–Crippen MR) is 126 cm³/mol. The molecule has 0 saturated carbocycles. The first-order valence-electron chi connectivity index (χ1n) is 11.2. The van der Waals surface area contributed by atoms with E-state index in [1.54, 1.807) is 25.3 Å². The molecule has 0 atom stereocenters. The molecular formula is C24H27N5O5. The van der Waals surface area contributed by atoms with Gasteiger partial charge in [0.2, 0.25) is 6.79 Å². The van der Waals surface area contributed by atoms with E-state index in [4.69, 9.17) is 18.9 Å². The number of urea groups is 1. The molecule has 1 saturated heterocycles. The SMILES string of the molecule is COc1ccc2nc(OC)c(NC(=O)NC3CCN(Cc4ccc5c(c4)OCO5)CC3)nc2c1. The molecule has 0 bridgehead atoms. The average molecular weight is 466 g/mol. The first kappa shape index (κ1) is 22.0. The lowest BCUT2D eigenvalue weighted by Gasteiger charge is -2.32. The number of nitrogens with one attached hydrogen (secondary N) is 2. The van der Waals surface area contributed by atoms with Crippen LogP contribution in [0.2, 0.25) is 0 Å². The van der Waals surface area contributed by atoms with Crippen molar-refractivity contribution >= 4 is 22.9 Å². The van der Waals surface area contributed by atoms with Crippen molar-refractivity contribution in [2.75, 3.05) is 39.4 Å². The van der Waals surface area contributed by atoms with E-state index < -0.39 is 0 Å². The van der Waals surface area contributed by atoms with Crippen LogP contribution in [0, 0.1) is 0 Å². The van der Waals surface area contributed by atoms with E-state index in [-0.39, 0.29) is 30.6 Å². The van der Waals surface area contributed by atoms with Gasteiger partial charge >= 0.3 is 6.03 Å². The van der Waals surface area contributed by atoms with Crippen LogP contribution < -0.4 is 29.6 Å². The molecule has 5 rings (SSSR count). The largest absolute Gasteiger partial charge is 0.497 e. The van der Waals surface area contributed by atoms with Crippen molar-refractivity contribution in [2.45, 2.75) is 25.4 Å². The maximum atomic E-state index is 12.7. The van der Waals surface area contributed by atoms with Crippen molar-refractivity contribution in [1.82, 2.24) is 20.2 Å². The van der Waals surface area contributed by atoms with Crippen LogP contribution in [-0.4, -0.2) is 61.0 Å². The third kappa shape index (κ3) is 4.76. The molecule has 10 heteroatoms. The quantitative estimate of drug-likeness (QED) is 0.572. The minimum Gasteiger partial charge on any atom is -0.497 e. The summed E-state index contributed by atoms with van der Waals surface area (Å²) < 4.78 is 21.4. The summed E-state index contributed by atoms with van der Waals surface area (Å²) in [7, 11) is 3.09. The summed E-state index contributed by atoms with van der Waals surface area (Å²) in [6.07, 6.45) is 1.71. The van der Waals surface area contributed by atoms with Crippen molar-refractivity contribution in [3.05, 3.63) is 42.0 Å². The number of piperidine rings is 1. The molecular weight excluding hydrogens is 438 g/mol. The number of hydrogen-bond donors (Lipinski definition) is 2. The van der Waals surface area contributed by atoms with Crippen molar-refractivity contribution in [3.63, 3.8) is 0 Å². The van der Waals surface area contributed by atoms with Crippen LogP contribution in [0.25, 0.3) is 11.0 Å². The predicted octanol–water partition coefficient (Wildman–Crippen LogP) is 3.16. The van der Waals surface area contributed by atoms with Gasteiger partial charge in [-0.2, -0.15) is 0 Å². The molecule has 10 nitrogen and oxygen atoms in total. The Kier molecular flexibility index (Phi) is 6.22. The third-order valence-electron chi connectivity index (χ3n) is 6.03. The number of benzene rings is 2. The molecule has 0 unspecified atom stereocenters. The Morgan fingerprint density at radius 3 is 2.65 bits per heavy atom. The Morgan fingerprint density at radius 2 is 1.85 bits per heavy atom. The van der Waals surface area contributed by atoms with Crippen LogP contribution >= 0.6 is 0 Å². The minimum absolute atomic E-state index is 0.0764. The number of hydrogen-bond acceptors (Lipinski definition) is 8. The zero-order chi connectivity index (χ0) is 23.5. The van der Waals surface area contributed by atoms with Crippen LogP contribution in [0.5, 0.6) is 23.1 Å². The van der Waals surface area contributed by atoms with Gasteiger partial charge in [-0.25, -0.2) is 14.8 Å². The molecule has 1 aromatic heterocycles. The van der Waals surface area contributed by atoms with E-state index in [1.807, 2.05) is 12.1 Å². The Hall–Kier alpha value is -3.79. The lowest BCUT2D eigenvalue weighted by Crippen LogP contribution is -2.45. The van der Waals surface area contributed by atoms with Crippen LogP contribution in [0.1, 0.15) is 18.4 Å². The average Bonchev–Trinajstić information content (AvgIpc) is 3.32. The van der Waals surface area contributed by atoms with Gasteiger partial charge in [0.1, 0.15) is 5.75 Å². The minimum atomic E-state index is -0.330. The van der Waals surface area contributed by atoms with Gasteiger partial charge in [-0.05, 0) is 42.7 Å². The summed E-state index contributed by atoms with van der Waals surface area (Å²) in [4.78, 5) is 24.0. The number of anilines is 1. The van der Waals surface area contributed by atoms with E-state index in [0.717, 1.165) is 44.0 Å². The van der Waals surface area contributed by atoms with Crippen LogP contribution in [0.15, 0.2) is 36.4 Å². The van der Waals surface area contributed by atoms with E-state index >= 15 is 0 Å². The number of fused-ring (bicyclic) bond motifs is 2. The molecule has 178 valence electrons. The highest BCUT2D eigenvalue weighted by Gasteiger charge is 2.23. The monoisotopic (exact) mass is 465 g/mol. The highest BCUT2D eigenvalue weighted by molar-refractivity contribution is 5.91. The second-order valence-electron chi connectivity index (χ2n) is 8.27. The van der Waals surface area contributed by atoms with E-state index in [2.05, 4.69) is 31.6 Å². The molecule has 2 aromatic carbocycles. The molecule has 0 spiro atoms. The molecule has 0 radical (unpaired) electrons. The number of rotatable bonds is 6. The highest BCUT2D eigenvalue weighted by atomic mass is 16.7. The summed E-state index contributed by atoms with van der Waals surface area (Å²) in [5, 5.41) is 5.83. The maximum absolute atomic E-state index is 12.7. The fraction of sp³-hybridized carbons (Fsp3) is 0.375. The summed E-state index contributed by atoms with van der Waals surface area (Å²) >= 11 is 0. The summed E-state index contributed by atoms with van der Waals surface area (Å²) in [5.74, 6) is 2.78. The van der Waals surface area contributed by atoms with Gasteiger partial charge in [0.25, 0.3) is 5.88 Å². The zero-order valence-corrected chi connectivity index (χ0v) is 19.2. The number of nitrogens with zero attached hydrogens (tertiary/aromatic N) is 3. The van der Waals surface area contributed by atoms with E-state index in [1.165, 1.54) is 12.7 Å². The van der Waals surface area contributed by atoms with Crippen molar-refractivity contribution < 1.29 is 23.7 Å². The fourth-order valence-corrected chi connectivity index (χ4v) is 4.23. The fourth-order valence-electron chi connectivity index (χ4n) is 4.23. The van der Waals surface area contributed by atoms with Gasteiger partial charge in [-0.1, -0.05) is 6.07 Å². The van der Waals surface area contributed by atoms with Crippen molar-refractivity contribution in [2.24, 2.45) is 0 Å². The Labute approximate surface area is 197 Å². The van der Waals surface area contributed by atoms with Crippen molar-refractivity contribution in [1.29, 1.82) is 0 Å². The van der Waals surface area contributed by atoms with Gasteiger partial charge < -0.3 is 24.3 Å².